The van der Waals surface area contributed by atoms with Crippen molar-refractivity contribution in [1.82, 2.24) is 14.5 Å². The minimum atomic E-state index is 0.176. The van der Waals surface area contributed by atoms with E-state index in [1.54, 1.807) is 0 Å². The van der Waals surface area contributed by atoms with Crippen LogP contribution in [0.4, 0.5) is 5.69 Å². The van der Waals surface area contributed by atoms with Gasteiger partial charge in [-0.15, -0.1) is 0 Å². The van der Waals surface area contributed by atoms with Gasteiger partial charge < -0.3 is 9.88 Å². The number of aryl methyl sites for hydroxylation is 1. The molecular weight excluding hydrogens is 336 g/mol. The van der Waals surface area contributed by atoms with E-state index in [2.05, 4.69) is 27.9 Å². The van der Waals surface area contributed by atoms with Gasteiger partial charge in [0.1, 0.15) is 5.82 Å². The number of imidazole rings is 1. The van der Waals surface area contributed by atoms with E-state index in [0.717, 1.165) is 41.9 Å². The minimum absolute atomic E-state index is 0.176. The molecule has 0 radical (unpaired) electrons. The van der Waals surface area contributed by atoms with Crippen molar-refractivity contribution in [2.75, 3.05) is 18.4 Å². The molecule has 1 amide bonds. The number of hydrogen-bond donors (Lipinski definition) is 1. The first kappa shape index (κ1) is 18.5. The smallest absolute Gasteiger partial charge is 0.227 e. The molecule has 2 fully saturated rings. The molecule has 5 heteroatoms. The number of rotatable bonds is 4. The van der Waals surface area contributed by atoms with E-state index < -0.39 is 0 Å². The summed E-state index contributed by atoms with van der Waals surface area (Å²) in [6, 6.07) is 6.13. The summed E-state index contributed by atoms with van der Waals surface area (Å²) in [5.41, 5.74) is 2.98. The minimum Gasteiger partial charge on any atom is -0.330 e. The Morgan fingerprint density at radius 2 is 1.78 bits per heavy atom. The van der Waals surface area contributed by atoms with Gasteiger partial charge in [0, 0.05) is 18.7 Å². The molecule has 1 aliphatic carbocycles. The van der Waals surface area contributed by atoms with E-state index in [9.17, 15) is 4.79 Å². The molecule has 0 unspecified atom stereocenters. The lowest BCUT2D eigenvalue weighted by Crippen LogP contribution is -2.25. The van der Waals surface area contributed by atoms with Gasteiger partial charge in [-0.05, 0) is 57.0 Å². The second-order valence-corrected chi connectivity index (χ2v) is 8.31. The number of carbonyl (C=O) groups excluding carboxylic acids is 1. The maximum absolute atomic E-state index is 12.5. The Balaban J connectivity index is 1.47. The van der Waals surface area contributed by atoms with Gasteiger partial charge in [-0.3, -0.25) is 9.69 Å². The van der Waals surface area contributed by atoms with E-state index in [0.29, 0.717) is 0 Å². The van der Waals surface area contributed by atoms with E-state index in [4.69, 9.17) is 4.98 Å². The maximum Gasteiger partial charge on any atom is 0.227 e. The van der Waals surface area contributed by atoms with E-state index >= 15 is 0 Å². The Morgan fingerprint density at radius 1 is 1.07 bits per heavy atom. The van der Waals surface area contributed by atoms with Crippen LogP contribution in [0.2, 0.25) is 0 Å². The van der Waals surface area contributed by atoms with Crippen LogP contribution in [0.25, 0.3) is 11.0 Å². The highest BCUT2D eigenvalue weighted by molar-refractivity contribution is 5.94. The number of hydrogen-bond acceptors (Lipinski definition) is 3. The largest absolute Gasteiger partial charge is 0.330 e. The summed E-state index contributed by atoms with van der Waals surface area (Å²) in [5.74, 6) is 1.47. The van der Waals surface area contributed by atoms with Crippen LogP contribution in [0, 0.1) is 5.92 Å². The van der Waals surface area contributed by atoms with Gasteiger partial charge in [-0.25, -0.2) is 4.98 Å². The summed E-state index contributed by atoms with van der Waals surface area (Å²) in [4.78, 5) is 19.9. The van der Waals surface area contributed by atoms with Gasteiger partial charge in [0.25, 0.3) is 0 Å². The molecule has 1 saturated heterocycles. The molecule has 2 aromatic rings. The first-order chi connectivity index (χ1) is 13.2. The van der Waals surface area contributed by atoms with Gasteiger partial charge in [0.15, 0.2) is 0 Å². The number of anilines is 1. The van der Waals surface area contributed by atoms with Crippen molar-refractivity contribution in [2.24, 2.45) is 13.0 Å². The third-order valence-electron chi connectivity index (χ3n) is 6.28. The third-order valence-corrected chi connectivity index (χ3v) is 6.28. The topological polar surface area (TPSA) is 50.2 Å². The van der Waals surface area contributed by atoms with Gasteiger partial charge in [-0.1, -0.05) is 32.1 Å². The molecule has 1 N–H and O–H groups in total. The van der Waals surface area contributed by atoms with Crippen molar-refractivity contribution in [3.05, 3.63) is 24.0 Å². The lowest BCUT2D eigenvalue weighted by molar-refractivity contribution is -0.120. The summed E-state index contributed by atoms with van der Waals surface area (Å²) in [5, 5.41) is 3.12. The zero-order chi connectivity index (χ0) is 18.6. The molecule has 146 valence electrons. The van der Waals surface area contributed by atoms with Crippen molar-refractivity contribution in [1.29, 1.82) is 0 Å². The van der Waals surface area contributed by atoms with Gasteiger partial charge in [0.2, 0.25) is 5.91 Å². The monoisotopic (exact) mass is 368 g/mol. The number of nitrogens with one attached hydrogen (secondary N) is 1. The predicted molar refractivity (Wildman–Crippen MR) is 110 cm³/mol. The fourth-order valence-corrected chi connectivity index (χ4v) is 4.57. The number of nitrogens with zero attached hydrogens (tertiary/aromatic N) is 3. The molecule has 0 atom stereocenters. The third kappa shape index (κ3) is 4.34. The van der Waals surface area contributed by atoms with Crippen LogP contribution >= 0.6 is 0 Å². The average molecular weight is 369 g/mol. The molecule has 5 nitrogen and oxygen atoms in total. The van der Waals surface area contributed by atoms with Crippen LogP contribution < -0.4 is 5.32 Å². The summed E-state index contributed by atoms with van der Waals surface area (Å²) >= 11 is 0. The second kappa shape index (κ2) is 8.42. The van der Waals surface area contributed by atoms with Gasteiger partial charge in [0.05, 0.1) is 17.6 Å². The van der Waals surface area contributed by atoms with Crippen LogP contribution in [0.5, 0.6) is 0 Å². The molecule has 1 aliphatic heterocycles. The number of likely N-dealkylation sites (tertiary alicyclic amines) is 1. The highest BCUT2D eigenvalue weighted by atomic mass is 16.1. The normalized spacial score (nSPS) is 19.9. The highest BCUT2D eigenvalue weighted by Crippen LogP contribution is 2.26. The van der Waals surface area contributed by atoms with Crippen molar-refractivity contribution >= 4 is 22.6 Å². The summed E-state index contributed by atoms with van der Waals surface area (Å²) in [6.45, 7) is 3.26. The standard InChI is InChI=1S/C22H32N4O/c1-25-20-12-11-18(23-22(27)17-9-5-4-6-10-17)15-19(20)24-21(25)16-26-13-7-2-3-8-14-26/h11-12,15,17H,2-10,13-14,16H2,1H3,(H,23,27). The van der Waals surface area contributed by atoms with Gasteiger partial charge >= 0.3 is 0 Å². The van der Waals surface area contributed by atoms with Crippen LogP contribution in [0.1, 0.15) is 63.6 Å². The quantitative estimate of drug-likeness (QED) is 0.866. The Bertz CT molecular complexity index is 783. The highest BCUT2D eigenvalue weighted by Gasteiger charge is 2.21. The van der Waals surface area contributed by atoms with E-state index in [-0.39, 0.29) is 11.8 Å². The maximum atomic E-state index is 12.5. The van der Waals surface area contributed by atoms with Gasteiger partial charge in [-0.2, -0.15) is 0 Å². The summed E-state index contributed by atoms with van der Waals surface area (Å²) in [6.07, 6.45) is 11.0. The second-order valence-electron chi connectivity index (χ2n) is 8.31. The van der Waals surface area contributed by atoms with Crippen molar-refractivity contribution in [3.8, 4) is 0 Å². The Morgan fingerprint density at radius 3 is 2.52 bits per heavy atom. The predicted octanol–water partition coefficient (Wildman–Crippen LogP) is 4.47. The Labute approximate surface area is 162 Å². The fraction of sp³-hybridized carbons (Fsp3) is 0.636. The molecule has 1 aromatic carbocycles. The number of benzene rings is 1. The lowest BCUT2D eigenvalue weighted by Gasteiger charge is -2.20. The van der Waals surface area contributed by atoms with Crippen LogP contribution in [-0.4, -0.2) is 33.4 Å². The van der Waals surface area contributed by atoms with Crippen LogP contribution in [-0.2, 0) is 18.4 Å². The molecule has 27 heavy (non-hydrogen) atoms. The fourth-order valence-electron chi connectivity index (χ4n) is 4.57. The number of carbonyl (C=O) groups is 1. The van der Waals surface area contributed by atoms with Crippen molar-refractivity contribution < 1.29 is 4.79 Å². The van der Waals surface area contributed by atoms with Crippen LogP contribution in [0.3, 0.4) is 0 Å². The Hall–Kier alpha value is -1.88. The molecule has 1 saturated carbocycles. The van der Waals surface area contributed by atoms with E-state index in [1.165, 1.54) is 58.0 Å². The molecule has 1 aromatic heterocycles. The zero-order valence-electron chi connectivity index (χ0n) is 16.5. The first-order valence-corrected chi connectivity index (χ1v) is 10.7. The van der Waals surface area contributed by atoms with Crippen LogP contribution in [0.15, 0.2) is 18.2 Å². The summed E-state index contributed by atoms with van der Waals surface area (Å²) in [7, 11) is 2.10. The Kier molecular flexibility index (Phi) is 5.77. The summed E-state index contributed by atoms with van der Waals surface area (Å²) < 4.78 is 2.20. The molecule has 0 spiro atoms. The lowest BCUT2D eigenvalue weighted by atomic mass is 9.88. The molecule has 4 rings (SSSR count). The molecule has 2 aliphatic rings. The van der Waals surface area contributed by atoms with E-state index in [1.807, 2.05) is 12.1 Å². The zero-order valence-corrected chi connectivity index (χ0v) is 16.5. The number of fused-ring (bicyclic) bond motifs is 1. The number of aromatic nitrogens is 2. The van der Waals surface area contributed by atoms with Crippen molar-refractivity contribution in [3.63, 3.8) is 0 Å². The average Bonchev–Trinajstić information content (AvgIpc) is 2.86. The van der Waals surface area contributed by atoms with Crippen molar-refractivity contribution in [2.45, 2.75) is 64.3 Å². The first-order valence-electron chi connectivity index (χ1n) is 10.7. The molecule has 2 heterocycles. The number of amides is 1. The molecular formula is C22H32N4O. The SMILES string of the molecule is Cn1c(CN2CCCCCC2)nc2cc(NC(=O)C3CCCCC3)ccc21. The molecule has 0 bridgehead atoms.